The van der Waals surface area contributed by atoms with Crippen LogP contribution in [0.3, 0.4) is 0 Å². The number of rotatable bonds is 4. The van der Waals surface area contributed by atoms with Crippen LogP contribution >= 0.6 is 35.7 Å². The van der Waals surface area contributed by atoms with E-state index < -0.39 is 5.54 Å². The highest BCUT2D eigenvalue weighted by Gasteiger charge is 2.38. The lowest BCUT2D eigenvalue weighted by atomic mass is 9.85. The zero-order chi connectivity index (χ0) is 22.2. The Morgan fingerprint density at radius 3 is 2.55 bits per heavy atom. The van der Waals surface area contributed by atoms with Gasteiger partial charge in [-0.25, -0.2) is 4.79 Å². The molecule has 7 heteroatoms. The highest BCUT2D eigenvalue weighted by Crippen LogP contribution is 2.58. The van der Waals surface area contributed by atoms with Crippen LogP contribution in [0.2, 0.25) is 0 Å². The molecule has 4 nitrogen and oxygen atoms in total. The van der Waals surface area contributed by atoms with Crippen molar-refractivity contribution < 1.29 is 14.3 Å². The van der Waals surface area contributed by atoms with E-state index in [1.54, 1.807) is 18.9 Å². The highest BCUT2D eigenvalue weighted by atomic mass is 32.2. The third-order valence-corrected chi connectivity index (χ3v) is 8.38. The zero-order valence-electron chi connectivity index (χ0n) is 17.8. The van der Waals surface area contributed by atoms with Gasteiger partial charge < -0.3 is 14.8 Å². The molecule has 2 aliphatic rings. The molecular weight excluding hydrogens is 446 g/mol. The maximum absolute atomic E-state index is 12.8. The van der Waals surface area contributed by atoms with Crippen LogP contribution in [0.15, 0.2) is 57.7 Å². The van der Waals surface area contributed by atoms with Crippen LogP contribution in [0.4, 0.5) is 5.69 Å². The first kappa shape index (κ1) is 22.0. The second kappa shape index (κ2) is 8.73. The molecule has 4 rings (SSSR count). The number of thioether (sulfide) groups is 2. The van der Waals surface area contributed by atoms with Gasteiger partial charge in [-0.1, -0.05) is 66.1 Å². The van der Waals surface area contributed by atoms with Gasteiger partial charge in [0.05, 0.1) is 23.5 Å². The van der Waals surface area contributed by atoms with Gasteiger partial charge in [0, 0.05) is 32.7 Å². The molecule has 0 aliphatic carbocycles. The number of nitrogens with one attached hydrogen (secondary N) is 1. The minimum atomic E-state index is -0.419. The summed E-state index contributed by atoms with van der Waals surface area (Å²) in [6.07, 6.45) is 0. The number of benzene rings is 2. The fourth-order valence-electron chi connectivity index (χ4n) is 3.51. The number of fused-ring (bicyclic) bond motifs is 1. The second-order valence-corrected chi connectivity index (χ2v) is 10.3. The van der Waals surface area contributed by atoms with E-state index in [1.165, 1.54) is 11.8 Å². The van der Waals surface area contributed by atoms with Crippen molar-refractivity contribution in [3.63, 3.8) is 0 Å². The molecule has 0 radical (unpaired) electrons. The standard InChI is InChI=1S/C24H23NO3S3/c1-5-28-22(26)20-19(14-9-7-6-8-10-14)30-23(31-20)18-16-12-11-15(27-4)13-17(16)25-24(2,3)21(18)29/h6-13,25H,5H2,1-4H3. The Morgan fingerprint density at radius 1 is 1.13 bits per heavy atom. The summed E-state index contributed by atoms with van der Waals surface area (Å²) in [6, 6.07) is 15.9. The first-order valence-corrected chi connectivity index (χ1v) is 12.0. The number of ether oxygens (including phenoxy) is 2. The van der Waals surface area contributed by atoms with Crippen molar-refractivity contribution in [3.8, 4) is 5.75 Å². The van der Waals surface area contributed by atoms with Crippen molar-refractivity contribution in [1.82, 2.24) is 0 Å². The molecule has 2 heterocycles. The van der Waals surface area contributed by atoms with Crippen molar-refractivity contribution in [2.75, 3.05) is 19.0 Å². The molecule has 0 fully saturated rings. The minimum Gasteiger partial charge on any atom is -0.497 e. The van der Waals surface area contributed by atoms with Crippen LogP contribution in [0.1, 0.15) is 31.9 Å². The van der Waals surface area contributed by atoms with Crippen LogP contribution in [0.5, 0.6) is 5.75 Å². The summed E-state index contributed by atoms with van der Waals surface area (Å²) in [7, 11) is 1.66. The molecule has 0 spiro atoms. The molecule has 31 heavy (non-hydrogen) atoms. The lowest BCUT2D eigenvalue weighted by Crippen LogP contribution is -2.43. The molecule has 0 saturated heterocycles. The minimum absolute atomic E-state index is 0.302. The Labute approximate surface area is 196 Å². The smallest absolute Gasteiger partial charge is 0.346 e. The average Bonchev–Trinajstić information content (AvgIpc) is 3.20. The topological polar surface area (TPSA) is 47.6 Å². The summed E-state index contributed by atoms with van der Waals surface area (Å²) in [4.78, 5) is 15.1. The number of carbonyl (C=O) groups excluding carboxylic acids is 1. The Kier molecular flexibility index (Phi) is 6.19. The SMILES string of the molecule is CCOC(=O)C1=C(c2ccccc2)SC(=C2C(=S)C(C)(C)Nc3cc(OC)ccc32)S1. The summed E-state index contributed by atoms with van der Waals surface area (Å²) in [6.45, 7) is 6.29. The van der Waals surface area contributed by atoms with E-state index in [-0.39, 0.29) is 5.97 Å². The highest BCUT2D eigenvalue weighted by molar-refractivity contribution is 8.32. The molecule has 0 atom stereocenters. The fraction of sp³-hybridized carbons (Fsp3) is 0.250. The number of carbonyl (C=O) groups is 1. The van der Waals surface area contributed by atoms with Crippen LogP contribution in [-0.2, 0) is 9.53 Å². The Balaban J connectivity index is 1.86. The van der Waals surface area contributed by atoms with Crippen molar-refractivity contribution >= 4 is 62.7 Å². The van der Waals surface area contributed by atoms with Gasteiger partial charge in [0.25, 0.3) is 0 Å². The van der Waals surface area contributed by atoms with Gasteiger partial charge in [0.15, 0.2) is 0 Å². The number of hydrogen-bond donors (Lipinski definition) is 1. The van der Waals surface area contributed by atoms with Gasteiger partial charge in [0.2, 0.25) is 0 Å². The third-order valence-electron chi connectivity index (χ3n) is 5.03. The Hall–Kier alpha value is -2.22. The molecule has 0 aromatic heterocycles. The van der Waals surface area contributed by atoms with E-state index in [2.05, 4.69) is 19.2 Å². The van der Waals surface area contributed by atoms with E-state index in [1.807, 2.05) is 55.5 Å². The predicted octanol–water partition coefficient (Wildman–Crippen LogP) is 6.35. The quantitative estimate of drug-likeness (QED) is 0.318. The summed E-state index contributed by atoms with van der Waals surface area (Å²) in [5.41, 5.74) is 3.54. The van der Waals surface area contributed by atoms with Crippen molar-refractivity contribution in [3.05, 3.63) is 68.8 Å². The Morgan fingerprint density at radius 2 is 1.87 bits per heavy atom. The first-order valence-electron chi connectivity index (χ1n) is 9.94. The van der Waals surface area contributed by atoms with Gasteiger partial charge >= 0.3 is 5.97 Å². The van der Waals surface area contributed by atoms with E-state index in [4.69, 9.17) is 21.7 Å². The largest absolute Gasteiger partial charge is 0.497 e. The van der Waals surface area contributed by atoms with Gasteiger partial charge in [-0.15, -0.1) is 0 Å². The normalized spacial score (nSPS) is 19.7. The summed E-state index contributed by atoms with van der Waals surface area (Å²) in [5.74, 6) is 0.477. The maximum Gasteiger partial charge on any atom is 0.346 e. The van der Waals surface area contributed by atoms with Crippen molar-refractivity contribution in [2.45, 2.75) is 26.3 Å². The van der Waals surface area contributed by atoms with E-state index in [9.17, 15) is 4.79 Å². The van der Waals surface area contributed by atoms with Crippen LogP contribution < -0.4 is 10.1 Å². The van der Waals surface area contributed by atoms with Crippen LogP contribution in [0.25, 0.3) is 10.5 Å². The van der Waals surface area contributed by atoms with E-state index in [0.717, 1.165) is 42.1 Å². The van der Waals surface area contributed by atoms with Crippen LogP contribution in [0, 0.1) is 0 Å². The Bertz CT molecular complexity index is 1120. The molecule has 0 bridgehead atoms. The maximum atomic E-state index is 12.8. The third kappa shape index (κ3) is 4.14. The molecule has 0 unspecified atom stereocenters. The molecular formula is C24H23NO3S3. The lowest BCUT2D eigenvalue weighted by Gasteiger charge is -2.37. The summed E-state index contributed by atoms with van der Waals surface area (Å²) < 4.78 is 11.8. The van der Waals surface area contributed by atoms with Gasteiger partial charge in [0.1, 0.15) is 10.7 Å². The zero-order valence-corrected chi connectivity index (χ0v) is 20.2. The summed E-state index contributed by atoms with van der Waals surface area (Å²) in [5, 5.41) is 3.53. The average molecular weight is 470 g/mol. The van der Waals surface area contributed by atoms with Crippen LogP contribution in [-0.4, -0.2) is 30.1 Å². The molecule has 1 N–H and O–H groups in total. The van der Waals surface area contributed by atoms with Crippen molar-refractivity contribution in [1.29, 1.82) is 0 Å². The first-order chi connectivity index (χ1) is 14.9. The number of thiocarbonyl (C=S) groups is 1. The molecule has 0 amide bonds. The van der Waals surface area contributed by atoms with Gasteiger partial charge in [-0.05, 0) is 38.5 Å². The van der Waals surface area contributed by atoms with Gasteiger partial charge in [-0.3, -0.25) is 0 Å². The fourth-order valence-corrected chi connectivity index (χ4v) is 6.60. The number of hydrogen-bond acceptors (Lipinski definition) is 7. The molecule has 160 valence electrons. The molecule has 2 aromatic carbocycles. The number of methoxy groups -OCH3 is 1. The van der Waals surface area contributed by atoms with Gasteiger partial charge in [-0.2, -0.15) is 0 Å². The number of anilines is 1. The van der Waals surface area contributed by atoms with E-state index in [0.29, 0.717) is 11.5 Å². The van der Waals surface area contributed by atoms with E-state index >= 15 is 0 Å². The molecule has 2 aliphatic heterocycles. The van der Waals surface area contributed by atoms with Crippen molar-refractivity contribution in [2.24, 2.45) is 0 Å². The second-order valence-electron chi connectivity index (χ2n) is 7.60. The summed E-state index contributed by atoms with van der Waals surface area (Å²) >= 11 is 8.97. The predicted molar refractivity (Wildman–Crippen MR) is 135 cm³/mol. The molecule has 0 saturated carbocycles. The molecule has 2 aromatic rings. The monoisotopic (exact) mass is 469 g/mol. The lowest BCUT2D eigenvalue weighted by molar-refractivity contribution is -0.137. The number of esters is 1.